The summed E-state index contributed by atoms with van der Waals surface area (Å²) in [5.74, 6) is 1.25. The predicted octanol–water partition coefficient (Wildman–Crippen LogP) is 3.92. The SMILES string of the molecule is O=C(NCc1ccccc1)C1CCN(Cc2nc(-c3ccccc3Cl)no2)CC1. The first-order valence-corrected chi connectivity index (χ1v) is 10.2. The van der Waals surface area contributed by atoms with Crippen LogP contribution in [0, 0.1) is 5.92 Å². The van der Waals surface area contributed by atoms with Crippen LogP contribution in [0.4, 0.5) is 0 Å². The van der Waals surface area contributed by atoms with Crippen molar-refractivity contribution in [2.45, 2.75) is 25.9 Å². The number of benzene rings is 2. The molecule has 1 saturated heterocycles. The molecule has 4 rings (SSSR count). The Bertz CT molecular complexity index is 952. The van der Waals surface area contributed by atoms with Gasteiger partial charge < -0.3 is 9.84 Å². The third-order valence-electron chi connectivity index (χ3n) is 5.21. The number of halogens is 1. The summed E-state index contributed by atoms with van der Waals surface area (Å²) in [6, 6.07) is 17.4. The van der Waals surface area contributed by atoms with E-state index in [9.17, 15) is 4.79 Å². The molecule has 29 heavy (non-hydrogen) atoms. The third kappa shape index (κ3) is 5.02. The Morgan fingerprint density at radius 3 is 2.59 bits per heavy atom. The molecule has 1 aliphatic rings. The minimum Gasteiger partial charge on any atom is -0.352 e. The first-order valence-electron chi connectivity index (χ1n) is 9.80. The molecule has 0 saturated carbocycles. The summed E-state index contributed by atoms with van der Waals surface area (Å²) in [5.41, 5.74) is 1.88. The number of rotatable bonds is 6. The standard InChI is InChI=1S/C22H23ClN4O2/c23-19-9-5-4-8-18(19)21-25-20(29-26-21)15-27-12-10-17(11-13-27)22(28)24-14-16-6-2-1-3-7-16/h1-9,17H,10-15H2,(H,24,28). The van der Waals surface area contributed by atoms with Crippen LogP contribution < -0.4 is 5.32 Å². The van der Waals surface area contributed by atoms with Gasteiger partial charge in [-0.2, -0.15) is 4.98 Å². The average molecular weight is 411 g/mol. The molecule has 1 aromatic heterocycles. The lowest BCUT2D eigenvalue weighted by Crippen LogP contribution is -2.40. The second-order valence-electron chi connectivity index (χ2n) is 7.25. The van der Waals surface area contributed by atoms with Gasteiger partial charge in [-0.15, -0.1) is 0 Å². The summed E-state index contributed by atoms with van der Waals surface area (Å²) < 4.78 is 5.40. The van der Waals surface area contributed by atoms with E-state index in [1.165, 1.54) is 0 Å². The summed E-state index contributed by atoms with van der Waals surface area (Å²) in [4.78, 5) is 19.2. The van der Waals surface area contributed by atoms with Gasteiger partial charge in [0.15, 0.2) is 0 Å². The number of aromatic nitrogens is 2. The van der Waals surface area contributed by atoms with Gasteiger partial charge in [0, 0.05) is 18.0 Å². The number of nitrogens with zero attached hydrogens (tertiary/aromatic N) is 3. The monoisotopic (exact) mass is 410 g/mol. The first-order chi connectivity index (χ1) is 14.2. The van der Waals surface area contributed by atoms with Crippen LogP contribution in [0.3, 0.4) is 0 Å². The number of carbonyl (C=O) groups is 1. The Labute approximate surface area is 174 Å². The van der Waals surface area contributed by atoms with E-state index in [0.29, 0.717) is 29.8 Å². The van der Waals surface area contributed by atoms with Crippen LogP contribution in [-0.4, -0.2) is 34.0 Å². The van der Waals surface area contributed by atoms with Crippen molar-refractivity contribution < 1.29 is 9.32 Å². The summed E-state index contributed by atoms with van der Waals surface area (Å²) in [6.07, 6.45) is 1.65. The Morgan fingerprint density at radius 1 is 1.10 bits per heavy atom. The van der Waals surface area contributed by atoms with Gasteiger partial charge in [0.1, 0.15) is 0 Å². The zero-order valence-corrected chi connectivity index (χ0v) is 16.8. The smallest absolute Gasteiger partial charge is 0.241 e. The molecule has 1 fully saturated rings. The van der Waals surface area contributed by atoms with E-state index >= 15 is 0 Å². The van der Waals surface area contributed by atoms with Crippen molar-refractivity contribution in [1.29, 1.82) is 0 Å². The molecule has 0 bridgehead atoms. The van der Waals surface area contributed by atoms with Gasteiger partial charge in [-0.1, -0.05) is 59.2 Å². The highest BCUT2D eigenvalue weighted by Gasteiger charge is 2.26. The molecule has 2 aromatic carbocycles. The molecule has 0 radical (unpaired) electrons. The van der Waals surface area contributed by atoms with Gasteiger partial charge in [0.05, 0.1) is 11.6 Å². The van der Waals surface area contributed by atoms with Crippen molar-refractivity contribution in [3.63, 3.8) is 0 Å². The number of carbonyl (C=O) groups excluding carboxylic acids is 1. The van der Waals surface area contributed by atoms with Crippen molar-refractivity contribution in [1.82, 2.24) is 20.4 Å². The van der Waals surface area contributed by atoms with Crippen LogP contribution in [0.5, 0.6) is 0 Å². The van der Waals surface area contributed by atoms with Crippen LogP contribution in [0.1, 0.15) is 24.3 Å². The second-order valence-corrected chi connectivity index (χ2v) is 7.65. The minimum absolute atomic E-state index is 0.0522. The number of likely N-dealkylation sites (tertiary alicyclic amines) is 1. The van der Waals surface area contributed by atoms with Crippen LogP contribution >= 0.6 is 11.6 Å². The number of hydrogen-bond donors (Lipinski definition) is 1. The average Bonchev–Trinajstić information content (AvgIpc) is 3.22. The molecule has 0 atom stereocenters. The maximum absolute atomic E-state index is 12.4. The fraction of sp³-hybridized carbons (Fsp3) is 0.318. The molecule has 2 heterocycles. The van der Waals surface area contributed by atoms with E-state index < -0.39 is 0 Å². The first kappa shape index (κ1) is 19.6. The number of amides is 1. The van der Waals surface area contributed by atoms with Gasteiger partial charge in [0.25, 0.3) is 0 Å². The molecular formula is C22H23ClN4O2. The number of hydrogen-bond acceptors (Lipinski definition) is 5. The quantitative estimate of drug-likeness (QED) is 0.666. The lowest BCUT2D eigenvalue weighted by atomic mass is 9.96. The fourth-order valence-electron chi connectivity index (χ4n) is 3.54. The van der Waals surface area contributed by atoms with E-state index in [2.05, 4.69) is 20.4 Å². The lowest BCUT2D eigenvalue weighted by Gasteiger charge is -2.30. The maximum Gasteiger partial charge on any atom is 0.241 e. The molecular weight excluding hydrogens is 388 g/mol. The normalized spacial score (nSPS) is 15.3. The number of piperidine rings is 1. The minimum atomic E-state index is 0.0522. The van der Waals surface area contributed by atoms with Crippen LogP contribution in [0.2, 0.25) is 5.02 Å². The highest BCUT2D eigenvalue weighted by molar-refractivity contribution is 6.33. The van der Waals surface area contributed by atoms with Crippen molar-refractivity contribution in [2.75, 3.05) is 13.1 Å². The van der Waals surface area contributed by atoms with E-state index in [0.717, 1.165) is 37.1 Å². The van der Waals surface area contributed by atoms with Crippen molar-refractivity contribution in [3.8, 4) is 11.4 Å². The van der Waals surface area contributed by atoms with Crippen LogP contribution in [-0.2, 0) is 17.9 Å². The predicted molar refractivity (Wildman–Crippen MR) is 111 cm³/mol. The molecule has 6 nitrogen and oxygen atoms in total. The van der Waals surface area contributed by atoms with E-state index in [-0.39, 0.29) is 11.8 Å². The molecule has 7 heteroatoms. The molecule has 0 aliphatic carbocycles. The summed E-state index contributed by atoms with van der Waals surface area (Å²) in [6.45, 7) is 2.81. The topological polar surface area (TPSA) is 71.3 Å². The Kier molecular flexibility index (Phi) is 6.22. The summed E-state index contributed by atoms with van der Waals surface area (Å²) in [5, 5.41) is 7.70. The lowest BCUT2D eigenvalue weighted by molar-refractivity contribution is -0.126. The van der Waals surface area contributed by atoms with Crippen molar-refractivity contribution in [2.24, 2.45) is 5.92 Å². The number of nitrogens with one attached hydrogen (secondary N) is 1. The van der Waals surface area contributed by atoms with Gasteiger partial charge in [-0.3, -0.25) is 9.69 Å². The maximum atomic E-state index is 12.4. The Balaban J connectivity index is 1.26. The fourth-order valence-corrected chi connectivity index (χ4v) is 3.77. The Morgan fingerprint density at radius 2 is 1.83 bits per heavy atom. The summed E-state index contributed by atoms with van der Waals surface area (Å²) >= 11 is 6.20. The van der Waals surface area contributed by atoms with Crippen LogP contribution in [0.25, 0.3) is 11.4 Å². The molecule has 0 spiro atoms. The highest BCUT2D eigenvalue weighted by atomic mass is 35.5. The zero-order chi connectivity index (χ0) is 20.1. The largest absolute Gasteiger partial charge is 0.352 e. The van der Waals surface area contributed by atoms with E-state index in [1.54, 1.807) is 6.07 Å². The van der Waals surface area contributed by atoms with Crippen LogP contribution in [0.15, 0.2) is 59.1 Å². The van der Waals surface area contributed by atoms with Gasteiger partial charge in [-0.25, -0.2) is 0 Å². The van der Waals surface area contributed by atoms with E-state index in [4.69, 9.17) is 16.1 Å². The summed E-state index contributed by atoms with van der Waals surface area (Å²) in [7, 11) is 0. The Hall–Kier alpha value is -2.70. The van der Waals surface area contributed by atoms with Crippen molar-refractivity contribution >= 4 is 17.5 Å². The molecule has 150 valence electrons. The molecule has 1 aliphatic heterocycles. The van der Waals surface area contributed by atoms with E-state index in [1.807, 2.05) is 48.5 Å². The zero-order valence-electron chi connectivity index (χ0n) is 16.1. The van der Waals surface area contributed by atoms with Gasteiger partial charge >= 0.3 is 0 Å². The third-order valence-corrected chi connectivity index (χ3v) is 5.54. The highest BCUT2D eigenvalue weighted by Crippen LogP contribution is 2.25. The van der Waals surface area contributed by atoms with Gasteiger partial charge in [-0.05, 0) is 43.6 Å². The van der Waals surface area contributed by atoms with Crippen molar-refractivity contribution in [3.05, 3.63) is 71.1 Å². The molecule has 1 N–H and O–H groups in total. The van der Waals surface area contributed by atoms with Gasteiger partial charge in [0.2, 0.25) is 17.6 Å². The second kappa shape index (κ2) is 9.20. The molecule has 1 amide bonds. The molecule has 3 aromatic rings. The molecule has 0 unspecified atom stereocenters.